The van der Waals surface area contributed by atoms with Crippen LogP contribution in [0.2, 0.25) is 0 Å². The Bertz CT molecular complexity index is 396. The maximum absolute atomic E-state index is 2.42. The van der Waals surface area contributed by atoms with Gasteiger partial charge in [-0.25, -0.2) is 0 Å². The van der Waals surface area contributed by atoms with Gasteiger partial charge in [0, 0.05) is 5.92 Å². The predicted molar refractivity (Wildman–Crippen MR) is 105 cm³/mol. The third-order valence-corrected chi connectivity index (χ3v) is 4.90. The minimum Gasteiger partial charge on any atom is -0.0654 e. The Balaban J connectivity index is 3.05. The first-order valence-corrected chi connectivity index (χ1v) is 10.2. The van der Waals surface area contributed by atoms with Crippen LogP contribution in [0.1, 0.15) is 109 Å². The molecule has 0 amide bonds. The van der Waals surface area contributed by atoms with Gasteiger partial charge in [-0.3, -0.25) is 0 Å². The van der Waals surface area contributed by atoms with E-state index in [1.807, 2.05) is 0 Å². The smallest absolute Gasteiger partial charge is 0.00527 e. The highest BCUT2D eigenvalue weighted by atomic mass is 14.2. The molecule has 0 atom stereocenters. The zero-order valence-corrected chi connectivity index (χ0v) is 16.2. The molecule has 0 spiro atoms. The van der Waals surface area contributed by atoms with Crippen molar-refractivity contribution in [2.45, 2.75) is 105 Å². The van der Waals surface area contributed by atoms with Crippen LogP contribution in [0.5, 0.6) is 0 Å². The summed E-state index contributed by atoms with van der Waals surface area (Å²) < 4.78 is 0. The average Bonchev–Trinajstić information content (AvgIpc) is 2.58. The van der Waals surface area contributed by atoms with Gasteiger partial charge in [0.2, 0.25) is 0 Å². The largest absolute Gasteiger partial charge is 0.0654 e. The van der Waals surface area contributed by atoms with Crippen molar-refractivity contribution in [3.63, 3.8) is 0 Å². The second-order valence-corrected chi connectivity index (χ2v) is 6.96. The van der Waals surface area contributed by atoms with Gasteiger partial charge in [0.15, 0.2) is 0 Å². The molecule has 131 valence electrons. The van der Waals surface area contributed by atoms with Crippen molar-refractivity contribution in [1.29, 1.82) is 0 Å². The van der Waals surface area contributed by atoms with E-state index in [2.05, 4.69) is 45.9 Å². The summed E-state index contributed by atoms with van der Waals surface area (Å²) in [5.41, 5.74) is 4.93. The van der Waals surface area contributed by atoms with Gasteiger partial charge in [-0.1, -0.05) is 84.4 Å². The van der Waals surface area contributed by atoms with Crippen molar-refractivity contribution in [1.82, 2.24) is 0 Å². The fourth-order valence-electron chi connectivity index (χ4n) is 3.39. The van der Waals surface area contributed by atoms with E-state index in [9.17, 15) is 0 Å². The molecule has 0 aliphatic carbocycles. The van der Waals surface area contributed by atoms with Gasteiger partial charge in [-0.05, 0) is 55.2 Å². The maximum Gasteiger partial charge on any atom is 0.00527 e. The fraction of sp³-hybridized carbons (Fsp3) is 0.696. The zero-order valence-electron chi connectivity index (χ0n) is 16.2. The van der Waals surface area contributed by atoms with Crippen LogP contribution in [0.4, 0.5) is 0 Å². The molecule has 0 N–H and O–H groups in total. The Hall–Kier alpha value is -0.780. The highest BCUT2D eigenvalue weighted by molar-refractivity contribution is 5.44. The van der Waals surface area contributed by atoms with Gasteiger partial charge in [0.1, 0.15) is 0 Å². The van der Waals surface area contributed by atoms with Crippen molar-refractivity contribution in [2.24, 2.45) is 0 Å². The molecule has 0 fully saturated rings. The molecular weight excluding hydrogens is 276 g/mol. The van der Waals surface area contributed by atoms with Crippen LogP contribution in [0.25, 0.3) is 0 Å². The molecule has 1 aromatic rings. The first kappa shape index (κ1) is 20.3. The topological polar surface area (TPSA) is 0 Å². The third kappa shape index (κ3) is 7.10. The molecule has 0 heterocycles. The summed E-state index contributed by atoms with van der Waals surface area (Å²) in [7, 11) is 0. The minimum absolute atomic E-state index is 1.26. The predicted octanol–water partition coefficient (Wildman–Crippen LogP) is 7.67. The quantitative estimate of drug-likeness (QED) is 0.350. The summed E-state index contributed by atoms with van der Waals surface area (Å²) in [5.74, 6) is 1.73. The Morgan fingerprint density at radius 3 is 1.83 bits per heavy atom. The zero-order chi connectivity index (χ0) is 16.9. The van der Waals surface area contributed by atoms with Crippen molar-refractivity contribution >= 4 is 0 Å². The average molecular weight is 316 g/mol. The molecule has 0 bridgehead atoms. The van der Waals surface area contributed by atoms with Crippen molar-refractivity contribution < 1.29 is 0 Å². The third-order valence-electron chi connectivity index (χ3n) is 4.90. The summed E-state index contributed by atoms with van der Waals surface area (Å²) in [4.78, 5) is 0. The molecule has 0 aliphatic rings. The summed E-state index contributed by atoms with van der Waals surface area (Å²) in [5, 5.41) is 0. The molecule has 1 aromatic carbocycles. The molecule has 23 heavy (non-hydrogen) atoms. The van der Waals surface area contributed by atoms with Crippen LogP contribution in [0.15, 0.2) is 18.2 Å². The second kappa shape index (κ2) is 12.6. The Kier molecular flexibility index (Phi) is 11.1. The van der Waals surface area contributed by atoms with E-state index < -0.39 is 0 Å². The van der Waals surface area contributed by atoms with Gasteiger partial charge < -0.3 is 0 Å². The molecule has 0 aliphatic heterocycles. The number of benzene rings is 1. The van der Waals surface area contributed by atoms with E-state index in [1.54, 1.807) is 22.6 Å². The monoisotopic (exact) mass is 315 g/mol. The van der Waals surface area contributed by atoms with Gasteiger partial charge in [0.25, 0.3) is 0 Å². The highest BCUT2D eigenvalue weighted by Gasteiger charge is 2.17. The second-order valence-electron chi connectivity index (χ2n) is 6.96. The summed E-state index contributed by atoms with van der Waals surface area (Å²) in [6.07, 6.45) is 15.6. The standard InChI is InChI=1S/C23H39/c1-5-9-14-20(15-10-6-2)23-19-13-17-21(16-11-7-3)22(23)18-12-8-4/h13,17,19H,5-12,14-16,18H2,1-4H3. The number of rotatable bonds is 13. The van der Waals surface area contributed by atoms with Crippen LogP contribution in [0, 0.1) is 5.92 Å². The Morgan fingerprint density at radius 1 is 0.696 bits per heavy atom. The molecule has 0 saturated carbocycles. The van der Waals surface area contributed by atoms with Gasteiger partial charge in [0.05, 0.1) is 0 Å². The van der Waals surface area contributed by atoms with E-state index in [4.69, 9.17) is 0 Å². The van der Waals surface area contributed by atoms with Gasteiger partial charge in [-0.2, -0.15) is 0 Å². The Labute approximate surface area is 146 Å². The molecule has 0 unspecified atom stereocenters. The van der Waals surface area contributed by atoms with Crippen LogP contribution in [0.3, 0.4) is 0 Å². The lowest BCUT2D eigenvalue weighted by atomic mass is 9.82. The number of hydrogen-bond acceptors (Lipinski definition) is 0. The molecule has 0 heteroatoms. The lowest BCUT2D eigenvalue weighted by Crippen LogP contribution is -2.08. The summed E-state index contributed by atoms with van der Waals surface area (Å²) in [6.45, 7) is 9.24. The molecular formula is C23H39. The molecule has 1 radical (unpaired) electrons. The first-order chi connectivity index (χ1) is 11.3. The number of unbranched alkanes of at least 4 members (excludes halogenated alkanes) is 4. The minimum atomic E-state index is 1.26. The van der Waals surface area contributed by atoms with Gasteiger partial charge >= 0.3 is 0 Å². The fourth-order valence-corrected chi connectivity index (χ4v) is 3.39. The van der Waals surface area contributed by atoms with E-state index in [-0.39, 0.29) is 0 Å². The van der Waals surface area contributed by atoms with E-state index >= 15 is 0 Å². The van der Waals surface area contributed by atoms with Crippen molar-refractivity contribution in [2.75, 3.05) is 0 Å². The summed E-state index contributed by atoms with van der Waals surface area (Å²) in [6, 6.07) is 7.12. The van der Waals surface area contributed by atoms with Crippen molar-refractivity contribution in [3.8, 4) is 0 Å². The van der Waals surface area contributed by atoms with Crippen LogP contribution in [-0.4, -0.2) is 0 Å². The van der Waals surface area contributed by atoms with Gasteiger partial charge in [-0.15, -0.1) is 0 Å². The normalized spacial score (nSPS) is 11.3. The molecule has 0 saturated heterocycles. The first-order valence-electron chi connectivity index (χ1n) is 10.2. The molecule has 0 aromatic heterocycles. The van der Waals surface area contributed by atoms with E-state index in [0.717, 1.165) is 0 Å². The van der Waals surface area contributed by atoms with Crippen LogP contribution in [-0.2, 0) is 12.8 Å². The lowest BCUT2D eigenvalue weighted by Gasteiger charge is -2.22. The van der Waals surface area contributed by atoms with E-state index in [0.29, 0.717) is 0 Å². The highest BCUT2D eigenvalue weighted by Crippen LogP contribution is 2.32. The Morgan fingerprint density at radius 2 is 1.26 bits per heavy atom. The lowest BCUT2D eigenvalue weighted by molar-refractivity contribution is 0.647. The molecule has 0 nitrogen and oxygen atoms in total. The van der Waals surface area contributed by atoms with E-state index in [1.165, 1.54) is 77.0 Å². The van der Waals surface area contributed by atoms with Crippen LogP contribution >= 0.6 is 0 Å². The number of aryl methyl sites for hydroxylation is 1. The number of hydrogen-bond donors (Lipinski definition) is 0. The van der Waals surface area contributed by atoms with Crippen molar-refractivity contribution in [3.05, 3.63) is 40.8 Å². The molecule has 1 rings (SSSR count). The SMILES string of the molecule is CCCC[C](CCCC)c1cccc(CCCC)c1CCCC. The maximum atomic E-state index is 2.42. The van der Waals surface area contributed by atoms with Crippen LogP contribution < -0.4 is 0 Å². The summed E-state index contributed by atoms with van der Waals surface area (Å²) >= 11 is 0.